The summed E-state index contributed by atoms with van der Waals surface area (Å²) in [5, 5.41) is 3.63. The molecule has 3 unspecified atom stereocenters. The van der Waals surface area contributed by atoms with Gasteiger partial charge in [-0.2, -0.15) is 13.2 Å². The number of piperazine rings is 1. The summed E-state index contributed by atoms with van der Waals surface area (Å²) in [7, 11) is 1.69. The lowest BCUT2D eigenvalue weighted by atomic mass is 10.0. The SMILES string of the molecule is CCC(CCC(=O)N1CCN(c2cccc(C(F)(F)F)n2)CC1)NC1CCOCC1OC. The minimum absolute atomic E-state index is 0.0195. The Balaban J connectivity index is 1.46. The van der Waals surface area contributed by atoms with Gasteiger partial charge in [0.1, 0.15) is 11.5 Å². The van der Waals surface area contributed by atoms with Crippen molar-refractivity contribution in [2.45, 2.75) is 57.0 Å². The summed E-state index contributed by atoms with van der Waals surface area (Å²) in [6.45, 7) is 5.27. The Bertz CT molecular complexity index is 741. The molecule has 2 aliphatic rings. The highest BCUT2D eigenvalue weighted by molar-refractivity contribution is 5.76. The predicted molar refractivity (Wildman–Crippen MR) is 115 cm³/mol. The average Bonchev–Trinajstić information content (AvgIpc) is 2.81. The molecule has 0 aromatic carbocycles. The molecule has 3 atom stereocenters. The summed E-state index contributed by atoms with van der Waals surface area (Å²) >= 11 is 0. The summed E-state index contributed by atoms with van der Waals surface area (Å²) in [5.41, 5.74) is -0.896. The molecule has 32 heavy (non-hydrogen) atoms. The zero-order chi connectivity index (χ0) is 23.1. The van der Waals surface area contributed by atoms with Crippen molar-refractivity contribution in [2.75, 3.05) is 51.4 Å². The Morgan fingerprint density at radius 3 is 2.72 bits per heavy atom. The van der Waals surface area contributed by atoms with E-state index >= 15 is 0 Å². The largest absolute Gasteiger partial charge is 0.433 e. The second kappa shape index (κ2) is 11.3. The van der Waals surface area contributed by atoms with Crippen LogP contribution in [0.2, 0.25) is 0 Å². The first-order chi connectivity index (χ1) is 15.3. The molecular weight excluding hydrogens is 425 g/mol. The van der Waals surface area contributed by atoms with Gasteiger partial charge in [0.2, 0.25) is 5.91 Å². The monoisotopic (exact) mass is 458 g/mol. The van der Waals surface area contributed by atoms with Crippen LogP contribution in [-0.2, 0) is 20.4 Å². The highest BCUT2D eigenvalue weighted by atomic mass is 19.4. The first kappa shape index (κ1) is 24.7. The minimum Gasteiger partial charge on any atom is -0.379 e. The average molecular weight is 459 g/mol. The van der Waals surface area contributed by atoms with Crippen LogP contribution in [0, 0.1) is 0 Å². The van der Waals surface area contributed by atoms with Gasteiger partial charge < -0.3 is 24.6 Å². The molecule has 180 valence electrons. The van der Waals surface area contributed by atoms with Crippen LogP contribution >= 0.6 is 0 Å². The maximum atomic E-state index is 12.9. The number of pyridine rings is 1. The molecule has 1 N–H and O–H groups in total. The van der Waals surface area contributed by atoms with Crippen LogP contribution in [-0.4, -0.2) is 80.5 Å². The van der Waals surface area contributed by atoms with Crippen LogP contribution in [0.4, 0.5) is 19.0 Å². The molecular formula is C22H33F3N4O3. The molecule has 2 fully saturated rings. The second-order valence-corrected chi connectivity index (χ2v) is 8.30. The lowest BCUT2D eigenvalue weighted by Gasteiger charge is -2.36. The van der Waals surface area contributed by atoms with Crippen molar-refractivity contribution in [3.63, 3.8) is 0 Å². The van der Waals surface area contributed by atoms with Crippen molar-refractivity contribution in [1.29, 1.82) is 0 Å². The Labute approximate surface area is 187 Å². The number of halogens is 3. The van der Waals surface area contributed by atoms with E-state index in [1.807, 2.05) is 0 Å². The summed E-state index contributed by atoms with van der Waals surface area (Å²) in [6, 6.07) is 4.35. The van der Waals surface area contributed by atoms with E-state index in [9.17, 15) is 18.0 Å². The van der Waals surface area contributed by atoms with Crippen molar-refractivity contribution in [3.8, 4) is 0 Å². The number of rotatable bonds is 8. The van der Waals surface area contributed by atoms with Gasteiger partial charge in [-0.15, -0.1) is 0 Å². The van der Waals surface area contributed by atoms with Crippen molar-refractivity contribution in [3.05, 3.63) is 23.9 Å². The predicted octanol–water partition coefficient (Wildman–Crippen LogP) is 2.70. The Morgan fingerprint density at radius 1 is 1.31 bits per heavy atom. The lowest BCUT2D eigenvalue weighted by Crippen LogP contribution is -2.51. The maximum Gasteiger partial charge on any atom is 0.433 e. The fourth-order valence-corrected chi connectivity index (χ4v) is 4.24. The number of hydrogen-bond donors (Lipinski definition) is 1. The molecule has 0 saturated carbocycles. The molecule has 3 heterocycles. The molecule has 0 aliphatic carbocycles. The Morgan fingerprint density at radius 2 is 2.06 bits per heavy atom. The van der Waals surface area contributed by atoms with Crippen LogP contribution in [0.5, 0.6) is 0 Å². The number of alkyl halides is 3. The number of carbonyl (C=O) groups is 1. The molecule has 2 saturated heterocycles. The minimum atomic E-state index is -4.47. The van der Waals surface area contributed by atoms with Crippen LogP contribution < -0.4 is 10.2 Å². The van der Waals surface area contributed by atoms with Gasteiger partial charge in [0, 0.05) is 58.4 Å². The van der Waals surface area contributed by atoms with Gasteiger partial charge in [-0.25, -0.2) is 4.98 Å². The number of carbonyl (C=O) groups excluding carboxylic acids is 1. The molecule has 1 amide bonds. The van der Waals surface area contributed by atoms with E-state index in [2.05, 4.69) is 17.2 Å². The fraction of sp³-hybridized carbons (Fsp3) is 0.727. The number of amides is 1. The highest BCUT2D eigenvalue weighted by Crippen LogP contribution is 2.29. The van der Waals surface area contributed by atoms with Crippen molar-refractivity contribution >= 4 is 11.7 Å². The number of hydrogen-bond acceptors (Lipinski definition) is 6. The van der Waals surface area contributed by atoms with Gasteiger partial charge in [0.15, 0.2) is 0 Å². The quantitative estimate of drug-likeness (QED) is 0.646. The number of anilines is 1. The molecule has 1 aromatic rings. The molecule has 0 bridgehead atoms. The van der Waals surface area contributed by atoms with Crippen LogP contribution in [0.15, 0.2) is 18.2 Å². The number of nitrogens with zero attached hydrogens (tertiary/aromatic N) is 3. The van der Waals surface area contributed by atoms with Crippen LogP contribution in [0.25, 0.3) is 0 Å². The van der Waals surface area contributed by atoms with Crippen molar-refractivity contribution < 1.29 is 27.4 Å². The molecule has 0 spiro atoms. The van der Waals surface area contributed by atoms with Gasteiger partial charge in [0.05, 0.1) is 12.7 Å². The third-order valence-electron chi connectivity index (χ3n) is 6.24. The smallest absolute Gasteiger partial charge is 0.379 e. The van der Waals surface area contributed by atoms with E-state index in [0.29, 0.717) is 51.6 Å². The zero-order valence-electron chi connectivity index (χ0n) is 18.7. The molecule has 0 radical (unpaired) electrons. The van der Waals surface area contributed by atoms with Crippen LogP contribution in [0.1, 0.15) is 38.3 Å². The molecule has 7 nitrogen and oxygen atoms in total. The molecule has 2 aliphatic heterocycles. The van der Waals surface area contributed by atoms with E-state index in [1.165, 1.54) is 6.07 Å². The van der Waals surface area contributed by atoms with E-state index in [1.54, 1.807) is 23.0 Å². The topological polar surface area (TPSA) is 66.9 Å². The van der Waals surface area contributed by atoms with Crippen LogP contribution in [0.3, 0.4) is 0 Å². The normalized spacial score (nSPS) is 23.3. The number of aromatic nitrogens is 1. The molecule has 3 rings (SSSR count). The Kier molecular flexibility index (Phi) is 8.72. The number of methoxy groups -OCH3 is 1. The zero-order valence-corrected chi connectivity index (χ0v) is 18.7. The fourth-order valence-electron chi connectivity index (χ4n) is 4.24. The van der Waals surface area contributed by atoms with E-state index < -0.39 is 11.9 Å². The van der Waals surface area contributed by atoms with Gasteiger partial charge >= 0.3 is 6.18 Å². The molecule has 10 heteroatoms. The third kappa shape index (κ3) is 6.55. The van der Waals surface area contributed by atoms with Gasteiger partial charge in [-0.05, 0) is 31.4 Å². The van der Waals surface area contributed by atoms with Gasteiger partial charge in [0.25, 0.3) is 0 Å². The van der Waals surface area contributed by atoms with Gasteiger partial charge in [-0.3, -0.25) is 4.79 Å². The lowest BCUT2D eigenvalue weighted by molar-refractivity contribution is -0.141. The third-order valence-corrected chi connectivity index (χ3v) is 6.24. The number of ether oxygens (including phenoxy) is 2. The van der Waals surface area contributed by atoms with E-state index in [4.69, 9.17) is 9.47 Å². The van der Waals surface area contributed by atoms with Crippen molar-refractivity contribution in [1.82, 2.24) is 15.2 Å². The molecule has 1 aromatic heterocycles. The first-order valence-electron chi connectivity index (χ1n) is 11.3. The maximum absolute atomic E-state index is 12.9. The summed E-state index contributed by atoms with van der Waals surface area (Å²) < 4.78 is 49.7. The summed E-state index contributed by atoms with van der Waals surface area (Å²) in [6.07, 6.45) is -1.48. The Hall–Kier alpha value is -1.91. The number of nitrogens with one attached hydrogen (secondary N) is 1. The highest BCUT2D eigenvalue weighted by Gasteiger charge is 2.33. The first-order valence-corrected chi connectivity index (χ1v) is 11.3. The van der Waals surface area contributed by atoms with E-state index in [-0.39, 0.29) is 24.1 Å². The summed E-state index contributed by atoms with van der Waals surface area (Å²) in [4.78, 5) is 20.1. The summed E-state index contributed by atoms with van der Waals surface area (Å²) in [5.74, 6) is 0.378. The van der Waals surface area contributed by atoms with E-state index in [0.717, 1.165) is 25.3 Å². The van der Waals surface area contributed by atoms with Crippen molar-refractivity contribution in [2.24, 2.45) is 0 Å². The standard InChI is InChI=1S/C22H33F3N4O3/c1-3-16(26-17-9-14-32-15-18(17)31-2)7-8-21(30)29-12-10-28(11-13-29)20-6-4-5-19(27-20)22(23,24)25/h4-6,16-18,26H,3,7-15H2,1-2H3. The second-order valence-electron chi connectivity index (χ2n) is 8.30. The van der Waals surface area contributed by atoms with Gasteiger partial charge in [-0.1, -0.05) is 13.0 Å².